The van der Waals surface area contributed by atoms with E-state index in [4.69, 9.17) is 5.14 Å². The van der Waals surface area contributed by atoms with Gasteiger partial charge in [0.15, 0.2) is 0 Å². The van der Waals surface area contributed by atoms with Crippen molar-refractivity contribution in [2.75, 3.05) is 0 Å². The van der Waals surface area contributed by atoms with Crippen LogP contribution in [0.4, 0.5) is 0 Å². The molecule has 0 unspecified atom stereocenters. The lowest BCUT2D eigenvalue weighted by Crippen LogP contribution is -2.34. The molecule has 1 aliphatic heterocycles. The largest absolute Gasteiger partial charge is 0.388 e. The first-order chi connectivity index (χ1) is 13.4. The SMILES string of the molecule is C[C@H]1Cc2ccc(S(N)(=O)=O)cc2[C@@H](O)[C@H]1[C@@H]1c2ccccc2-c2cncn21. The van der Waals surface area contributed by atoms with Crippen LogP contribution in [0.2, 0.25) is 0 Å². The van der Waals surface area contributed by atoms with Gasteiger partial charge in [0.25, 0.3) is 0 Å². The van der Waals surface area contributed by atoms with Gasteiger partial charge in [-0.25, -0.2) is 18.5 Å². The summed E-state index contributed by atoms with van der Waals surface area (Å²) in [6.07, 6.45) is 3.64. The molecule has 0 spiro atoms. The molecule has 0 fully saturated rings. The summed E-state index contributed by atoms with van der Waals surface area (Å²) in [4.78, 5) is 4.35. The molecular weight excluding hydrogens is 374 g/mol. The third-order valence-corrected chi connectivity index (χ3v) is 7.12. The molecule has 2 heterocycles. The standard InChI is InChI=1S/C21H21N3O3S/c1-12-8-13-6-7-14(28(22,26)27)9-17(13)21(25)19(12)20-16-5-3-2-4-15(16)18-10-23-11-24(18)20/h2-7,9-12,19-21,25H,8H2,1H3,(H2,22,26,27)/t12-,19+,20-,21+/m0/s1. The topological polar surface area (TPSA) is 98.2 Å². The number of primary sulfonamides is 1. The highest BCUT2D eigenvalue weighted by Gasteiger charge is 2.43. The molecule has 0 radical (unpaired) electrons. The predicted octanol–water partition coefficient (Wildman–Crippen LogP) is 2.64. The summed E-state index contributed by atoms with van der Waals surface area (Å²) >= 11 is 0. The molecule has 1 aromatic heterocycles. The Kier molecular flexibility index (Phi) is 3.78. The number of rotatable bonds is 2. The summed E-state index contributed by atoms with van der Waals surface area (Å²) in [6.45, 7) is 2.14. The summed E-state index contributed by atoms with van der Waals surface area (Å²) in [6, 6.07) is 13.0. The van der Waals surface area contributed by atoms with E-state index in [0.717, 1.165) is 23.2 Å². The maximum absolute atomic E-state index is 11.8. The fraction of sp³-hybridized carbons (Fsp3) is 0.286. The van der Waals surface area contributed by atoms with Crippen LogP contribution >= 0.6 is 0 Å². The van der Waals surface area contributed by atoms with Gasteiger partial charge in [-0.05, 0) is 41.2 Å². The van der Waals surface area contributed by atoms with Crippen molar-refractivity contribution >= 4 is 10.0 Å². The molecule has 4 atom stereocenters. The molecule has 28 heavy (non-hydrogen) atoms. The number of aliphatic hydroxyl groups excluding tert-OH is 1. The van der Waals surface area contributed by atoms with E-state index in [1.807, 2.05) is 24.7 Å². The summed E-state index contributed by atoms with van der Waals surface area (Å²) in [5, 5.41) is 16.7. The van der Waals surface area contributed by atoms with Crippen LogP contribution in [0.3, 0.4) is 0 Å². The lowest BCUT2D eigenvalue weighted by Gasteiger charge is -2.40. The number of hydrogen-bond donors (Lipinski definition) is 2. The van der Waals surface area contributed by atoms with Gasteiger partial charge in [-0.2, -0.15) is 0 Å². The van der Waals surface area contributed by atoms with Gasteiger partial charge in [-0.15, -0.1) is 0 Å². The molecule has 144 valence electrons. The number of nitrogens with zero attached hydrogens (tertiary/aromatic N) is 2. The molecule has 0 saturated heterocycles. The number of sulfonamides is 1. The van der Waals surface area contributed by atoms with E-state index >= 15 is 0 Å². The molecule has 3 aromatic rings. The Morgan fingerprint density at radius 3 is 2.75 bits per heavy atom. The van der Waals surface area contributed by atoms with Crippen LogP contribution in [0.1, 0.15) is 35.8 Å². The second-order valence-corrected chi connectivity index (χ2v) is 9.39. The third kappa shape index (κ3) is 2.47. The normalized spacial score (nSPS) is 25.8. The average molecular weight is 395 g/mol. The van der Waals surface area contributed by atoms with Crippen LogP contribution in [-0.4, -0.2) is 23.1 Å². The molecule has 0 amide bonds. The van der Waals surface area contributed by atoms with Gasteiger partial charge in [-0.3, -0.25) is 0 Å². The lowest BCUT2D eigenvalue weighted by molar-refractivity contribution is 0.0418. The summed E-state index contributed by atoms with van der Waals surface area (Å²) < 4.78 is 25.7. The van der Waals surface area contributed by atoms with Crippen LogP contribution in [0.25, 0.3) is 11.3 Å². The third-order valence-electron chi connectivity index (χ3n) is 6.21. The molecule has 7 heteroatoms. The highest BCUT2D eigenvalue weighted by molar-refractivity contribution is 7.89. The fourth-order valence-electron chi connectivity index (χ4n) is 4.96. The van der Waals surface area contributed by atoms with Crippen LogP contribution < -0.4 is 5.14 Å². The van der Waals surface area contributed by atoms with Crippen molar-refractivity contribution in [2.24, 2.45) is 17.0 Å². The van der Waals surface area contributed by atoms with E-state index < -0.39 is 16.1 Å². The van der Waals surface area contributed by atoms with Crippen molar-refractivity contribution in [3.63, 3.8) is 0 Å². The minimum absolute atomic E-state index is 0.0359. The van der Waals surface area contributed by atoms with Crippen molar-refractivity contribution in [1.82, 2.24) is 9.55 Å². The highest BCUT2D eigenvalue weighted by Crippen LogP contribution is 2.51. The van der Waals surface area contributed by atoms with Gasteiger partial charge < -0.3 is 9.67 Å². The molecule has 2 aliphatic rings. The molecule has 6 nitrogen and oxygen atoms in total. The minimum Gasteiger partial charge on any atom is -0.388 e. The van der Waals surface area contributed by atoms with Crippen molar-refractivity contribution in [2.45, 2.75) is 30.4 Å². The maximum Gasteiger partial charge on any atom is 0.238 e. The van der Waals surface area contributed by atoms with Gasteiger partial charge in [0.05, 0.1) is 35.3 Å². The Balaban J connectivity index is 1.65. The number of aromatic nitrogens is 2. The summed E-state index contributed by atoms with van der Waals surface area (Å²) in [5.74, 6) is 0.0917. The van der Waals surface area contributed by atoms with Crippen molar-refractivity contribution in [1.29, 1.82) is 0 Å². The van der Waals surface area contributed by atoms with E-state index in [9.17, 15) is 13.5 Å². The summed E-state index contributed by atoms with van der Waals surface area (Å²) in [5.41, 5.74) is 4.97. The number of aliphatic hydroxyl groups is 1. The second kappa shape index (κ2) is 6.01. The zero-order valence-electron chi connectivity index (χ0n) is 15.4. The number of benzene rings is 2. The maximum atomic E-state index is 11.8. The minimum atomic E-state index is -3.82. The van der Waals surface area contributed by atoms with E-state index in [0.29, 0.717) is 5.56 Å². The Bertz CT molecular complexity index is 1190. The Hall–Kier alpha value is -2.48. The Labute approximate surface area is 163 Å². The number of nitrogens with two attached hydrogens (primary N) is 1. The van der Waals surface area contributed by atoms with E-state index in [1.165, 1.54) is 17.7 Å². The lowest BCUT2D eigenvalue weighted by atomic mass is 9.70. The zero-order chi connectivity index (χ0) is 19.6. The monoisotopic (exact) mass is 395 g/mol. The average Bonchev–Trinajstić information content (AvgIpc) is 3.23. The van der Waals surface area contributed by atoms with E-state index in [-0.39, 0.29) is 22.8 Å². The molecule has 0 saturated carbocycles. The molecule has 1 aliphatic carbocycles. The fourth-order valence-corrected chi connectivity index (χ4v) is 5.51. The van der Waals surface area contributed by atoms with E-state index in [2.05, 4.69) is 28.6 Å². The van der Waals surface area contributed by atoms with Crippen LogP contribution in [0.5, 0.6) is 0 Å². The van der Waals surface area contributed by atoms with Gasteiger partial charge >= 0.3 is 0 Å². The van der Waals surface area contributed by atoms with Crippen LogP contribution in [0.15, 0.2) is 59.9 Å². The summed E-state index contributed by atoms with van der Waals surface area (Å²) in [7, 11) is -3.82. The predicted molar refractivity (Wildman–Crippen MR) is 105 cm³/mol. The van der Waals surface area contributed by atoms with Crippen molar-refractivity contribution in [3.8, 4) is 11.3 Å². The van der Waals surface area contributed by atoms with Gasteiger partial charge in [0.2, 0.25) is 10.0 Å². The highest BCUT2D eigenvalue weighted by atomic mass is 32.2. The number of fused-ring (bicyclic) bond motifs is 4. The van der Waals surface area contributed by atoms with Gasteiger partial charge in [0, 0.05) is 11.5 Å². The molecule has 2 aromatic carbocycles. The zero-order valence-corrected chi connectivity index (χ0v) is 16.2. The molecule has 5 rings (SSSR count). The first kappa shape index (κ1) is 17.6. The quantitative estimate of drug-likeness (QED) is 0.697. The van der Waals surface area contributed by atoms with Gasteiger partial charge in [0.1, 0.15) is 0 Å². The van der Waals surface area contributed by atoms with Crippen molar-refractivity contribution in [3.05, 3.63) is 71.7 Å². The van der Waals surface area contributed by atoms with E-state index in [1.54, 1.807) is 6.07 Å². The molecule has 3 N–H and O–H groups in total. The number of imidazole rings is 1. The number of hydrogen-bond acceptors (Lipinski definition) is 4. The first-order valence-corrected chi connectivity index (χ1v) is 10.9. The first-order valence-electron chi connectivity index (χ1n) is 9.31. The van der Waals surface area contributed by atoms with Crippen LogP contribution in [-0.2, 0) is 16.4 Å². The molecule has 0 bridgehead atoms. The smallest absolute Gasteiger partial charge is 0.238 e. The van der Waals surface area contributed by atoms with Crippen molar-refractivity contribution < 1.29 is 13.5 Å². The van der Waals surface area contributed by atoms with Gasteiger partial charge in [-0.1, -0.05) is 37.3 Å². The Morgan fingerprint density at radius 2 is 1.96 bits per heavy atom. The molecular formula is C21H21N3O3S. The Morgan fingerprint density at radius 1 is 1.18 bits per heavy atom. The second-order valence-electron chi connectivity index (χ2n) is 7.83. The van der Waals surface area contributed by atoms with Crippen LogP contribution in [0, 0.1) is 11.8 Å².